The lowest BCUT2D eigenvalue weighted by Crippen LogP contribution is -2.03. The minimum atomic E-state index is -0.475. The highest BCUT2D eigenvalue weighted by atomic mass is 35.5. The van der Waals surface area contributed by atoms with Gasteiger partial charge in [0.1, 0.15) is 5.75 Å². The van der Waals surface area contributed by atoms with Gasteiger partial charge in [0.2, 0.25) is 0 Å². The van der Waals surface area contributed by atoms with Crippen molar-refractivity contribution in [3.63, 3.8) is 0 Å². The monoisotopic (exact) mass is 318 g/mol. The molecule has 0 aliphatic carbocycles. The van der Waals surface area contributed by atoms with Crippen molar-refractivity contribution in [1.29, 1.82) is 0 Å². The fraction of sp³-hybridized carbons (Fsp3) is 0.118. The maximum atomic E-state index is 11.8. The van der Waals surface area contributed by atoms with Gasteiger partial charge in [0.25, 0.3) is 0 Å². The molecule has 0 heterocycles. The number of esters is 1. The van der Waals surface area contributed by atoms with Crippen LogP contribution >= 0.6 is 11.6 Å². The Balaban J connectivity index is 2.04. The SMILES string of the molecule is COc1ccc(C=CC(=O)Oc2ccc(Cl)cc2)cc1OC. The van der Waals surface area contributed by atoms with Crippen LogP contribution in [0.4, 0.5) is 0 Å². The van der Waals surface area contributed by atoms with Gasteiger partial charge in [-0.15, -0.1) is 0 Å². The highest BCUT2D eigenvalue weighted by Crippen LogP contribution is 2.28. The standard InChI is InChI=1S/C17H15ClO4/c1-20-15-9-3-12(11-16(15)21-2)4-10-17(19)22-14-7-5-13(18)6-8-14/h3-11H,1-2H3. The number of benzene rings is 2. The summed E-state index contributed by atoms with van der Waals surface area (Å²) in [5, 5.41) is 0.584. The molecule has 2 rings (SSSR count). The van der Waals surface area contributed by atoms with E-state index < -0.39 is 5.97 Å². The van der Waals surface area contributed by atoms with Crippen molar-refractivity contribution in [1.82, 2.24) is 0 Å². The summed E-state index contributed by atoms with van der Waals surface area (Å²) in [4.78, 5) is 11.8. The fourth-order valence-electron chi connectivity index (χ4n) is 1.77. The first-order valence-corrected chi connectivity index (χ1v) is 6.87. The summed E-state index contributed by atoms with van der Waals surface area (Å²) in [5.74, 6) is 1.18. The molecule has 2 aromatic carbocycles. The molecule has 0 aliphatic rings. The van der Waals surface area contributed by atoms with Gasteiger partial charge in [0.05, 0.1) is 14.2 Å². The smallest absolute Gasteiger partial charge is 0.336 e. The lowest BCUT2D eigenvalue weighted by molar-refractivity contribution is -0.128. The summed E-state index contributed by atoms with van der Waals surface area (Å²) < 4.78 is 15.5. The average molecular weight is 319 g/mol. The molecular formula is C17H15ClO4. The van der Waals surface area contributed by atoms with E-state index in [1.807, 2.05) is 6.07 Å². The van der Waals surface area contributed by atoms with Crippen LogP contribution < -0.4 is 14.2 Å². The Kier molecular flexibility index (Phi) is 5.44. The maximum Gasteiger partial charge on any atom is 0.336 e. The summed E-state index contributed by atoms with van der Waals surface area (Å²) in [7, 11) is 3.12. The third-order valence-corrected chi connectivity index (χ3v) is 3.10. The predicted molar refractivity (Wildman–Crippen MR) is 85.7 cm³/mol. The molecule has 0 N–H and O–H groups in total. The van der Waals surface area contributed by atoms with E-state index >= 15 is 0 Å². The normalized spacial score (nSPS) is 10.5. The van der Waals surface area contributed by atoms with Gasteiger partial charge >= 0.3 is 5.97 Å². The second-order valence-corrected chi connectivity index (χ2v) is 4.76. The van der Waals surface area contributed by atoms with E-state index in [1.165, 1.54) is 6.08 Å². The summed E-state index contributed by atoms with van der Waals surface area (Å²) in [5.41, 5.74) is 0.797. The first-order chi connectivity index (χ1) is 10.6. The van der Waals surface area contributed by atoms with Crippen molar-refractivity contribution in [3.8, 4) is 17.2 Å². The molecule has 0 unspecified atom stereocenters. The fourth-order valence-corrected chi connectivity index (χ4v) is 1.90. The third-order valence-electron chi connectivity index (χ3n) is 2.85. The van der Waals surface area contributed by atoms with Crippen LogP contribution in [0.25, 0.3) is 6.08 Å². The molecule has 5 heteroatoms. The number of hydrogen-bond acceptors (Lipinski definition) is 4. The minimum Gasteiger partial charge on any atom is -0.493 e. The molecule has 114 valence electrons. The zero-order valence-corrected chi connectivity index (χ0v) is 13.0. The van der Waals surface area contributed by atoms with Gasteiger partial charge in [-0.25, -0.2) is 4.79 Å². The number of hydrogen-bond donors (Lipinski definition) is 0. The van der Waals surface area contributed by atoms with Gasteiger partial charge in [-0.05, 0) is 48.0 Å². The number of methoxy groups -OCH3 is 2. The van der Waals surface area contributed by atoms with Gasteiger partial charge in [0.15, 0.2) is 11.5 Å². The van der Waals surface area contributed by atoms with Gasteiger partial charge < -0.3 is 14.2 Å². The Bertz CT molecular complexity index is 678. The largest absolute Gasteiger partial charge is 0.493 e. The zero-order valence-electron chi connectivity index (χ0n) is 12.2. The van der Waals surface area contributed by atoms with Crippen LogP contribution in [0.5, 0.6) is 17.2 Å². The number of rotatable bonds is 5. The summed E-state index contributed by atoms with van der Waals surface area (Å²) >= 11 is 5.77. The van der Waals surface area contributed by atoms with Crippen molar-refractivity contribution in [2.75, 3.05) is 14.2 Å². The van der Waals surface area contributed by atoms with Crippen molar-refractivity contribution in [2.24, 2.45) is 0 Å². The molecule has 0 aromatic heterocycles. The van der Waals surface area contributed by atoms with E-state index in [9.17, 15) is 4.79 Å². The molecule has 0 saturated heterocycles. The summed E-state index contributed by atoms with van der Waals surface area (Å²) in [6.45, 7) is 0. The van der Waals surface area contributed by atoms with Crippen molar-refractivity contribution in [3.05, 3.63) is 59.1 Å². The molecule has 0 radical (unpaired) electrons. The number of halogens is 1. The van der Waals surface area contributed by atoms with Crippen LogP contribution in [0, 0.1) is 0 Å². The topological polar surface area (TPSA) is 44.8 Å². The lowest BCUT2D eigenvalue weighted by Gasteiger charge is -2.07. The molecule has 2 aromatic rings. The second kappa shape index (κ2) is 7.52. The van der Waals surface area contributed by atoms with Crippen LogP contribution in [0.2, 0.25) is 5.02 Å². The molecule has 0 saturated carbocycles. The van der Waals surface area contributed by atoms with Crippen LogP contribution in [-0.2, 0) is 4.79 Å². The van der Waals surface area contributed by atoms with E-state index in [0.29, 0.717) is 22.3 Å². The van der Waals surface area contributed by atoms with Crippen molar-refractivity contribution in [2.45, 2.75) is 0 Å². The Hall–Kier alpha value is -2.46. The Labute approximate surface area is 133 Å². The number of carbonyl (C=O) groups is 1. The minimum absolute atomic E-state index is 0.436. The van der Waals surface area contributed by atoms with Crippen molar-refractivity contribution < 1.29 is 19.0 Å². The van der Waals surface area contributed by atoms with Gasteiger partial charge in [-0.3, -0.25) is 0 Å². The Morgan fingerprint density at radius 3 is 2.32 bits per heavy atom. The van der Waals surface area contributed by atoms with Gasteiger partial charge in [-0.1, -0.05) is 17.7 Å². The lowest BCUT2D eigenvalue weighted by atomic mass is 10.2. The Morgan fingerprint density at radius 2 is 1.68 bits per heavy atom. The molecule has 0 bridgehead atoms. The highest BCUT2D eigenvalue weighted by Gasteiger charge is 2.04. The average Bonchev–Trinajstić information content (AvgIpc) is 2.54. The zero-order chi connectivity index (χ0) is 15.9. The second-order valence-electron chi connectivity index (χ2n) is 4.32. The molecule has 0 atom stereocenters. The summed E-state index contributed by atoms with van der Waals surface area (Å²) in [6.07, 6.45) is 2.98. The van der Waals surface area contributed by atoms with E-state index in [-0.39, 0.29) is 0 Å². The van der Waals surface area contributed by atoms with Crippen LogP contribution in [0.15, 0.2) is 48.5 Å². The molecule has 0 fully saturated rings. The molecule has 22 heavy (non-hydrogen) atoms. The number of ether oxygens (including phenoxy) is 3. The number of carbonyl (C=O) groups excluding carboxylic acids is 1. The van der Waals surface area contributed by atoms with Crippen molar-refractivity contribution >= 4 is 23.6 Å². The predicted octanol–water partition coefficient (Wildman–Crippen LogP) is 3.98. The first kappa shape index (κ1) is 15.9. The van der Waals surface area contributed by atoms with Crippen LogP contribution in [0.1, 0.15) is 5.56 Å². The Morgan fingerprint density at radius 1 is 1.00 bits per heavy atom. The first-order valence-electron chi connectivity index (χ1n) is 6.50. The van der Waals surface area contributed by atoms with E-state index in [4.69, 9.17) is 25.8 Å². The summed E-state index contributed by atoms with van der Waals surface area (Å²) in [6, 6.07) is 11.9. The highest BCUT2D eigenvalue weighted by molar-refractivity contribution is 6.30. The molecule has 0 aliphatic heterocycles. The molecule has 0 amide bonds. The van der Waals surface area contributed by atoms with Gasteiger partial charge in [-0.2, -0.15) is 0 Å². The molecular weight excluding hydrogens is 304 g/mol. The molecule has 4 nitrogen and oxygen atoms in total. The van der Waals surface area contributed by atoms with Gasteiger partial charge in [0, 0.05) is 11.1 Å². The van der Waals surface area contributed by atoms with E-state index in [1.54, 1.807) is 56.7 Å². The third kappa shape index (κ3) is 4.27. The molecule has 0 spiro atoms. The van der Waals surface area contributed by atoms with E-state index in [0.717, 1.165) is 5.56 Å². The van der Waals surface area contributed by atoms with Crippen LogP contribution in [-0.4, -0.2) is 20.2 Å². The quantitative estimate of drug-likeness (QED) is 0.475. The van der Waals surface area contributed by atoms with E-state index in [2.05, 4.69) is 0 Å². The maximum absolute atomic E-state index is 11.8. The van der Waals surface area contributed by atoms with Crippen LogP contribution in [0.3, 0.4) is 0 Å².